The van der Waals surface area contributed by atoms with E-state index in [9.17, 15) is 0 Å². The van der Waals surface area contributed by atoms with Gasteiger partial charge in [-0.3, -0.25) is 0 Å². The maximum Gasteiger partial charge on any atom is 0.0159 e. The fraction of sp³-hybridized carbons (Fsp3) is 0.148. The normalized spacial score (nSPS) is 15.8. The van der Waals surface area contributed by atoms with Crippen molar-refractivity contribution in [3.8, 4) is 66.8 Å². The lowest BCUT2D eigenvalue weighted by Crippen LogP contribution is -2.16. The summed E-state index contributed by atoms with van der Waals surface area (Å²) in [6, 6.07) is 65.3. The molecular formula is C61H46. The second kappa shape index (κ2) is 11.7. The molecule has 0 saturated carbocycles. The van der Waals surface area contributed by atoms with Crippen LogP contribution in [0.2, 0.25) is 0 Å². The van der Waals surface area contributed by atoms with Gasteiger partial charge < -0.3 is 0 Å². The van der Waals surface area contributed by atoms with Crippen molar-refractivity contribution in [2.24, 2.45) is 0 Å². The molecule has 0 bridgehead atoms. The molecule has 0 fully saturated rings. The zero-order chi connectivity index (χ0) is 41.2. The molecule has 3 aliphatic rings. The molecule has 0 amide bonds. The third-order valence-electron chi connectivity index (χ3n) is 15.4. The van der Waals surface area contributed by atoms with Crippen LogP contribution in [0.15, 0.2) is 170 Å². The lowest BCUT2D eigenvalue weighted by Gasteiger charge is -2.24. The van der Waals surface area contributed by atoms with Gasteiger partial charge in [-0.15, -0.1) is 0 Å². The highest BCUT2D eigenvalue weighted by Crippen LogP contribution is 2.55. The smallest absolute Gasteiger partial charge is 0.0159 e. The summed E-state index contributed by atoms with van der Waals surface area (Å²) in [5, 5.41) is 7.99. The second-order valence-corrected chi connectivity index (χ2v) is 19.7. The SMILES string of the molecule is CC1(C)c2ccccc2-c2ccc(-c3ccc4c(c3)C(C)(C)c3cc(-c5ccc6c(c5)C(C)(C)c5cc(-c7cc8cccc9ccc%10cccc7c%10c98)ccc5-6)ccc3-4)cc21. The van der Waals surface area contributed by atoms with Crippen LogP contribution < -0.4 is 0 Å². The summed E-state index contributed by atoms with van der Waals surface area (Å²) < 4.78 is 0. The fourth-order valence-corrected chi connectivity index (χ4v) is 12.1. The highest BCUT2D eigenvalue weighted by Gasteiger charge is 2.39. The van der Waals surface area contributed by atoms with Crippen LogP contribution in [0, 0.1) is 0 Å². The molecular weight excluding hydrogens is 733 g/mol. The monoisotopic (exact) mass is 778 g/mol. The van der Waals surface area contributed by atoms with Crippen LogP contribution in [-0.4, -0.2) is 0 Å². The highest BCUT2D eigenvalue weighted by atomic mass is 14.4. The fourth-order valence-electron chi connectivity index (χ4n) is 12.1. The van der Waals surface area contributed by atoms with E-state index in [1.807, 2.05) is 0 Å². The molecule has 0 aromatic heterocycles. The van der Waals surface area contributed by atoms with Crippen molar-refractivity contribution in [2.45, 2.75) is 57.8 Å². The van der Waals surface area contributed by atoms with Crippen molar-refractivity contribution in [1.29, 1.82) is 0 Å². The molecule has 0 spiro atoms. The Balaban J connectivity index is 0.850. The highest BCUT2D eigenvalue weighted by molar-refractivity contribution is 6.26. The van der Waals surface area contributed by atoms with Crippen LogP contribution in [0.1, 0.15) is 74.9 Å². The van der Waals surface area contributed by atoms with Crippen LogP contribution in [0.25, 0.3) is 99.1 Å². The number of hydrogen-bond acceptors (Lipinski definition) is 0. The van der Waals surface area contributed by atoms with E-state index in [-0.39, 0.29) is 16.2 Å². The van der Waals surface area contributed by atoms with Crippen molar-refractivity contribution < 1.29 is 0 Å². The third-order valence-corrected chi connectivity index (χ3v) is 15.4. The summed E-state index contributed by atoms with van der Waals surface area (Å²) in [4.78, 5) is 0. The molecule has 0 unspecified atom stereocenters. The van der Waals surface area contributed by atoms with Gasteiger partial charge in [0, 0.05) is 16.2 Å². The summed E-state index contributed by atoms with van der Waals surface area (Å²) in [6.45, 7) is 14.4. The van der Waals surface area contributed by atoms with Crippen molar-refractivity contribution in [1.82, 2.24) is 0 Å². The quantitative estimate of drug-likeness (QED) is 0.157. The summed E-state index contributed by atoms with van der Waals surface area (Å²) >= 11 is 0. The zero-order valence-electron chi connectivity index (χ0n) is 35.7. The van der Waals surface area contributed by atoms with Crippen LogP contribution in [0.3, 0.4) is 0 Å². The summed E-state index contributed by atoms with van der Waals surface area (Å²) in [5.74, 6) is 0. The Morgan fingerprint density at radius 2 is 0.623 bits per heavy atom. The lowest BCUT2D eigenvalue weighted by atomic mass is 9.79. The van der Waals surface area contributed by atoms with E-state index in [2.05, 4.69) is 211 Å². The largest absolute Gasteiger partial charge is 0.0619 e. The molecule has 0 N–H and O–H groups in total. The molecule has 13 rings (SSSR count). The van der Waals surface area contributed by atoms with Gasteiger partial charge in [0.2, 0.25) is 0 Å². The maximum atomic E-state index is 2.49. The average molecular weight is 779 g/mol. The van der Waals surface area contributed by atoms with Gasteiger partial charge in [0.25, 0.3) is 0 Å². The van der Waals surface area contributed by atoms with E-state index in [0.717, 1.165) is 0 Å². The Hall–Kier alpha value is -6.76. The topological polar surface area (TPSA) is 0 Å². The van der Waals surface area contributed by atoms with Gasteiger partial charge in [-0.25, -0.2) is 0 Å². The van der Waals surface area contributed by atoms with Crippen LogP contribution in [0.5, 0.6) is 0 Å². The Morgan fingerprint density at radius 1 is 0.246 bits per heavy atom. The van der Waals surface area contributed by atoms with E-state index >= 15 is 0 Å². The minimum Gasteiger partial charge on any atom is -0.0619 e. The minimum absolute atomic E-state index is 0.0190. The molecule has 0 radical (unpaired) electrons. The Kier molecular flexibility index (Phi) is 6.74. The van der Waals surface area contributed by atoms with Gasteiger partial charge in [0.05, 0.1) is 0 Å². The molecule has 10 aromatic carbocycles. The van der Waals surface area contributed by atoms with E-state index < -0.39 is 0 Å². The van der Waals surface area contributed by atoms with Crippen molar-refractivity contribution >= 4 is 32.3 Å². The summed E-state index contributed by atoms with van der Waals surface area (Å²) in [7, 11) is 0. The number of rotatable bonds is 3. The van der Waals surface area contributed by atoms with E-state index in [0.29, 0.717) is 0 Å². The molecule has 290 valence electrons. The molecule has 10 aromatic rings. The molecule has 0 aliphatic heterocycles. The number of benzene rings is 10. The molecule has 3 aliphatic carbocycles. The van der Waals surface area contributed by atoms with Crippen molar-refractivity contribution in [3.63, 3.8) is 0 Å². The van der Waals surface area contributed by atoms with Crippen LogP contribution in [0.4, 0.5) is 0 Å². The lowest BCUT2D eigenvalue weighted by molar-refractivity contribution is 0.659. The van der Waals surface area contributed by atoms with Crippen molar-refractivity contribution in [2.75, 3.05) is 0 Å². The minimum atomic E-state index is -0.145. The summed E-state index contributed by atoms with van der Waals surface area (Å²) in [5.41, 5.74) is 24.1. The van der Waals surface area contributed by atoms with Gasteiger partial charge in [-0.2, -0.15) is 0 Å². The molecule has 61 heavy (non-hydrogen) atoms. The van der Waals surface area contributed by atoms with Gasteiger partial charge in [0.1, 0.15) is 0 Å². The maximum absolute atomic E-state index is 2.49. The van der Waals surface area contributed by atoms with Gasteiger partial charge >= 0.3 is 0 Å². The molecule has 0 nitrogen and oxygen atoms in total. The Bertz CT molecular complexity index is 3550. The van der Waals surface area contributed by atoms with Crippen LogP contribution in [-0.2, 0) is 16.2 Å². The van der Waals surface area contributed by atoms with Crippen molar-refractivity contribution in [3.05, 3.63) is 203 Å². The Labute approximate surface area is 358 Å². The van der Waals surface area contributed by atoms with Gasteiger partial charge in [0.15, 0.2) is 0 Å². The predicted molar refractivity (Wildman–Crippen MR) is 259 cm³/mol. The second-order valence-electron chi connectivity index (χ2n) is 19.7. The van der Waals surface area contributed by atoms with E-state index in [4.69, 9.17) is 0 Å². The molecule has 0 atom stereocenters. The van der Waals surface area contributed by atoms with E-state index in [1.54, 1.807) is 0 Å². The Morgan fingerprint density at radius 3 is 1.13 bits per heavy atom. The first-order valence-corrected chi connectivity index (χ1v) is 22.0. The molecule has 0 heteroatoms. The first kappa shape index (κ1) is 35.0. The predicted octanol–water partition coefficient (Wildman–Crippen LogP) is 16.5. The van der Waals surface area contributed by atoms with Gasteiger partial charge in [-0.05, 0) is 169 Å². The van der Waals surface area contributed by atoms with E-state index in [1.165, 1.54) is 132 Å². The third kappa shape index (κ3) is 4.60. The van der Waals surface area contributed by atoms with Gasteiger partial charge in [-0.1, -0.05) is 175 Å². The standard InChI is InChI=1S/C61H46/c1-59(2)51-16-8-7-14-43(51)44-24-19-37(30-52(44)59)38-20-25-45-46-26-21-39(32-54(46)60(3,4)53(45)31-38)40-22-27-47-48-28-23-41(34-56(48)61(5,6)55(47)33-40)50-29-42-13-9-11-35-17-18-36-12-10-15-49(50)58(36)57(35)42/h7-34H,1-6H3. The molecule has 0 saturated heterocycles. The zero-order valence-corrected chi connectivity index (χ0v) is 35.7. The number of fused-ring (bicyclic) bond motifs is 9. The molecule has 0 heterocycles. The summed E-state index contributed by atoms with van der Waals surface area (Å²) in [6.07, 6.45) is 0. The number of hydrogen-bond donors (Lipinski definition) is 0. The average Bonchev–Trinajstić information content (AvgIpc) is 3.76. The first-order chi connectivity index (χ1) is 29.5. The van der Waals surface area contributed by atoms with Crippen LogP contribution >= 0.6 is 0 Å². The first-order valence-electron chi connectivity index (χ1n) is 22.0.